The third-order valence-corrected chi connectivity index (χ3v) is 6.88. The van der Waals surface area contributed by atoms with Gasteiger partial charge in [-0.05, 0) is 67.6 Å². The fourth-order valence-electron chi connectivity index (χ4n) is 5.18. The lowest BCUT2D eigenvalue weighted by Crippen LogP contribution is -1.91. The normalized spacial score (nSPS) is 11.1. The average Bonchev–Trinajstić information content (AvgIpc) is 2.95. The molecule has 0 radical (unpaired) electrons. The number of fused-ring (bicyclic) bond motifs is 4. The van der Waals surface area contributed by atoms with E-state index in [4.69, 9.17) is 4.98 Å². The maximum atomic E-state index is 4.77. The number of rotatable bonds is 1. The van der Waals surface area contributed by atoms with Crippen molar-refractivity contribution in [3.05, 3.63) is 139 Å². The van der Waals surface area contributed by atoms with Crippen molar-refractivity contribution in [3.8, 4) is 23.0 Å². The van der Waals surface area contributed by atoms with Gasteiger partial charge in [-0.15, -0.1) is 0 Å². The third-order valence-electron chi connectivity index (χ3n) is 6.88. The molecule has 7 rings (SSSR count). The van der Waals surface area contributed by atoms with Crippen LogP contribution in [0.3, 0.4) is 0 Å². The second-order valence-corrected chi connectivity index (χ2v) is 9.04. The number of hydrogen-bond donors (Lipinski definition) is 0. The molecule has 0 saturated heterocycles. The van der Waals surface area contributed by atoms with Crippen LogP contribution in [-0.2, 0) is 0 Å². The summed E-state index contributed by atoms with van der Waals surface area (Å²) in [6, 6.07) is 44.7. The molecule has 1 aromatic heterocycles. The van der Waals surface area contributed by atoms with Crippen LogP contribution in [0, 0.1) is 11.8 Å². The molecule has 1 heteroatoms. The summed E-state index contributed by atoms with van der Waals surface area (Å²) in [5.41, 5.74) is 5.25. The van der Waals surface area contributed by atoms with Gasteiger partial charge in [0.2, 0.25) is 0 Å². The predicted octanol–water partition coefficient (Wildman–Crippen LogP) is 8.76. The van der Waals surface area contributed by atoms with Crippen molar-refractivity contribution in [1.82, 2.24) is 4.98 Å². The summed E-state index contributed by atoms with van der Waals surface area (Å²) in [5, 5.41) is 8.36. The van der Waals surface area contributed by atoms with E-state index < -0.39 is 0 Å². The monoisotopic (exact) mass is 455 g/mol. The van der Waals surface area contributed by atoms with Gasteiger partial charge >= 0.3 is 0 Å². The molecule has 0 amide bonds. The van der Waals surface area contributed by atoms with Gasteiger partial charge in [0.25, 0.3) is 0 Å². The second-order valence-electron chi connectivity index (χ2n) is 9.04. The van der Waals surface area contributed by atoms with Crippen molar-refractivity contribution < 1.29 is 0 Å². The number of hydrogen-bond acceptors (Lipinski definition) is 1. The van der Waals surface area contributed by atoms with Crippen molar-refractivity contribution in [2.24, 2.45) is 0 Å². The Labute approximate surface area is 209 Å². The molecule has 0 N–H and O–H groups in total. The molecular formula is C35H21N. The fraction of sp³-hybridized carbons (Fsp3) is 0. The van der Waals surface area contributed by atoms with E-state index in [-0.39, 0.29) is 0 Å². The highest BCUT2D eigenvalue weighted by molar-refractivity contribution is 6.16. The summed E-state index contributed by atoms with van der Waals surface area (Å²) >= 11 is 0. The molecule has 0 atom stereocenters. The number of benzene rings is 6. The molecule has 0 unspecified atom stereocenters. The van der Waals surface area contributed by atoms with Crippen molar-refractivity contribution in [3.63, 3.8) is 0 Å². The molecule has 1 heterocycles. The van der Waals surface area contributed by atoms with Crippen molar-refractivity contribution in [1.29, 1.82) is 0 Å². The molecule has 0 fully saturated rings. The Morgan fingerprint density at radius 3 is 1.78 bits per heavy atom. The molecule has 36 heavy (non-hydrogen) atoms. The van der Waals surface area contributed by atoms with Gasteiger partial charge < -0.3 is 0 Å². The van der Waals surface area contributed by atoms with Crippen molar-refractivity contribution >= 4 is 43.2 Å². The quantitative estimate of drug-likeness (QED) is 0.178. The first-order chi connectivity index (χ1) is 17.8. The van der Waals surface area contributed by atoms with Crippen LogP contribution in [0.4, 0.5) is 0 Å². The van der Waals surface area contributed by atoms with Gasteiger partial charge in [0.1, 0.15) is 5.69 Å². The van der Waals surface area contributed by atoms with E-state index in [9.17, 15) is 0 Å². The topological polar surface area (TPSA) is 12.9 Å². The predicted molar refractivity (Wildman–Crippen MR) is 152 cm³/mol. The van der Waals surface area contributed by atoms with Crippen LogP contribution in [0.15, 0.2) is 127 Å². The summed E-state index contributed by atoms with van der Waals surface area (Å²) in [7, 11) is 0. The van der Waals surface area contributed by atoms with Gasteiger partial charge in [0.15, 0.2) is 0 Å². The minimum atomic E-state index is 0.778. The minimum Gasteiger partial charge on any atom is -0.239 e. The second kappa shape index (κ2) is 8.38. The number of pyridine rings is 1. The molecule has 7 aromatic rings. The maximum Gasteiger partial charge on any atom is 0.114 e. The van der Waals surface area contributed by atoms with Gasteiger partial charge in [-0.2, -0.15) is 0 Å². The fourth-order valence-corrected chi connectivity index (χ4v) is 5.18. The molecule has 1 nitrogen and oxygen atoms in total. The van der Waals surface area contributed by atoms with E-state index in [1.54, 1.807) is 0 Å². The molecular weight excluding hydrogens is 434 g/mol. The van der Waals surface area contributed by atoms with Gasteiger partial charge in [-0.25, -0.2) is 4.98 Å². The lowest BCUT2D eigenvalue weighted by atomic mass is 9.88. The van der Waals surface area contributed by atoms with Gasteiger partial charge in [-0.3, -0.25) is 0 Å². The number of para-hydroxylation sites is 1. The van der Waals surface area contributed by atoms with Crippen LogP contribution >= 0.6 is 0 Å². The van der Waals surface area contributed by atoms with Gasteiger partial charge in [0, 0.05) is 10.9 Å². The highest BCUT2D eigenvalue weighted by Gasteiger charge is 2.14. The van der Waals surface area contributed by atoms with Crippen LogP contribution in [0.1, 0.15) is 11.3 Å². The van der Waals surface area contributed by atoms with Crippen molar-refractivity contribution in [2.45, 2.75) is 0 Å². The first-order valence-electron chi connectivity index (χ1n) is 12.2. The van der Waals surface area contributed by atoms with Crippen LogP contribution in [-0.4, -0.2) is 4.98 Å². The molecule has 0 aliphatic rings. The molecule has 0 aliphatic heterocycles. The highest BCUT2D eigenvalue weighted by atomic mass is 14.7. The summed E-state index contributed by atoms with van der Waals surface area (Å²) < 4.78 is 0. The van der Waals surface area contributed by atoms with E-state index in [0.717, 1.165) is 32.9 Å². The van der Waals surface area contributed by atoms with Crippen LogP contribution in [0.2, 0.25) is 0 Å². The van der Waals surface area contributed by atoms with E-state index in [1.807, 2.05) is 24.3 Å². The van der Waals surface area contributed by atoms with Crippen molar-refractivity contribution in [2.75, 3.05) is 0 Å². The van der Waals surface area contributed by atoms with Gasteiger partial charge in [0.05, 0.1) is 5.52 Å². The molecule has 0 aliphatic carbocycles. The third kappa shape index (κ3) is 3.40. The van der Waals surface area contributed by atoms with Gasteiger partial charge in [-0.1, -0.05) is 115 Å². The smallest absolute Gasteiger partial charge is 0.114 e. The Morgan fingerprint density at radius 2 is 1.03 bits per heavy atom. The zero-order valence-corrected chi connectivity index (χ0v) is 19.6. The lowest BCUT2D eigenvalue weighted by Gasteiger charge is -2.15. The van der Waals surface area contributed by atoms with Crippen LogP contribution in [0.5, 0.6) is 0 Å². The first-order valence-corrected chi connectivity index (χ1v) is 12.2. The Bertz CT molecular complexity index is 1950. The molecule has 166 valence electrons. The molecule has 0 bridgehead atoms. The Hall–Kier alpha value is -4.93. The summed E-state index contributed by atoms with van der Waals surface area (Å²) in [6.45, 7) is 0. The standard InChI is InChI=1S/C35H21N/c1-2-11-26-23-27(18-17-24(26)9-1)35-32-14-6-4-12-29(32)31(30-13-5-7-15-33(30)35)22-21-28-20-19-25-10-3-8-16-34(25)36-28/h1-20,23H. The minimum absolute atomic E-state index is 0.778. The van der Waals surface area contributed by atoms with E-state index >= 15 is 0 Å². The molecule has 0 saturated carbocycles. The summed E-state index contributed by atoms with van der Waals surface area (Å²) in [4.78, 5) is 4.77. The maximum absolute atomic E-state index is 4.77. The zero-order chi connectivity index (χ0) is 23.9. The Morgan fingerprint density at radius 1 is 0.444 bits per heavy atom. The van der Waals surface area contributed by atoms with Crippen LogP contribution < -0.4 is 0 Å². The SMILES string of the molecule is C(#Cc1c2ccccc2c(-c2ccc3ccccc3c2)c2ccccc12)c1ccc2ccccc2n1. The largest absolute Gasteiger partial charge is 0.239 e. The molecule has 0 spiro atoms. The molecule has 6 aromatic carbocycles. The van der Waals surface area contributed by atoms with E-state index in [2.05, 4.69) is 115 Å². The first kappa shape index (κ1) is 20.4. The lowest BCUT2D eigenvalue weighted by molar-refractivity contribution is 1.36. The average molecular weight is 456 g/mol. The van der Waals surface area contributed by atoms with Crippen LogP contribution in [0.25, 0.3) is 54.3 Å². The highest BCUT2D eigenvalue weighted by Crippen LogP contribution is 2.39. The Kier molecular flexibility index (Phi) is 4.76. The zero-order valence-electron chi connectivity index (χ0n) is 19.6. The summed E-state index contributed by atoms with van der Waals surface area (Å²) in [6.07, 6.45) is 0. The number of nitrogens with zero attached hydrogens (tertiary/aromatic N) is 1. The van der Waals surface area contributed by atoms with E-state index in [1.165, 1.54) is 32.7 Å². The number of aromatic nitrogens is 1. The van der Waals surface area contributed by atoms with E-state index in [0.29, 0.717) is 0 Å². The summed E-state index contributed by atoms with van der Waals surface area (Å²) in [5.74, 6) is 6.87. The Balaban J connectivity index is 1.50.